The van der Waals surface area contributed by atoms with Crippen molar-refractivity contribution in [1.82, 2.24) is 4.90 Å². The Kier molecular flexibility index (Phi) is 3.35. The molecule has 2 rings (SSSR count). The number of fused-ring (bicyclic) bond motifs is 1. The molecule has 0 spiro atoms. The molecule has 0 N–H and O–H groups in total. The first-order valence-corrected chi connectivity index (χ1v) is 7.40. The number of rotatable bonds is 0. The van der Waals surface area contributed by atoms with E-state index in [1.807, 2.05) is 25.7 Å². The van der Waals surface area contributed by atoms with Crippen LogP contribution in [0.3, 0.4) is 0 Å². The van der Waals surface area contributed by atoms with Crippen LogP contribution in [0.2, 0.25) is 10.4 Å². The van der Waals surface area contributed by atoms with Gasteiger partial charge in [0.1, 0.15) is 5.60 Å². The molecule has 2 unspecified atom stereocenters. The zero-order valence-electron chi connectivity index (χ0n) is 13.5. The highest BCUT2D eigenvalue weighted by Gasteiger charge is 2.56. The minimum absolute atomic E-state index is 0.145. The van der Waals surface area contributed by atoms with E-state index in [1.54, 1.807) is 0 Å². The van der Waals surface area contributed by atoms with Crippen molar-refractivity contribution >= 4 is 37.5 Å². The number of likely N-dealkylation sites (tertiary alicyclic amines) is 1. The Bertz CT molecular complexity index is 370. The Hall–Kier alpha value is -0.470. The lowest BCUT2D eigenvalue weighted by atomic mass is 9.45. The van der Waals surface area contributed by atoms with E-state index in [4.69, 9.17) is 4.74 Å². The maximum Gasteiger partial charge on any atom is 0.410 e. The second-order valence-corrected chi connectivity index (χ2v) is 8.75. The number of nitrogens with zero attached hydrogens (tertiary/aromatic N) is 1. The molecule has 0 aromatic heterocycles. The molecular formula is C12H25B4NO2. The van der Waals surface area contributed by atoms with Crippen LogP contribution in [0.4, 0.5) is 4.79 Å². The third-order valence-electron chi connectivity index (χ3n) is 4.89. The first-order valence-electron chi connectivity index (χ1n) is 7.40. The minimum atomic E-state index is -0.403. The molecule has 102 valence electrons. The van der Waals surface area contributed by atoms with Crippen LogP contribution in [-0.2, 0) is 4.74 Å². The van der Waals surface area contributed by atoms with Crippen LogP contribution in [0.1, 0.15) is 27.2 Å². The predicted molar refractivity (Wildman–Crippen MR) is 89.0 cm³/mol. The van der Waals surface area contributed by atoms with Crippen LogP contribution in [0.5, 0.6) is 0 Å². The molecule has 1 saturated carbocycles. The molecular weight excluding hydrogens is 233 g/mol. The van der Waals surface area contributed by atoms with Crippen molar-refractivity contribution in [3.63, 3.8) is 0 Å². The van der Waals surface area contributed by atoms with Gasteiger partial charge in [-0.15, -0.1) is 0 Å². The molecule has 7 heteroatoms. The average Bonchev–Trinajstić information content (AvgIpc) is 2.63. The van der Waals surface area contributed by atoms with Gasteiger partial charge in [-0.05, 0) is 32.6 Å². The van der Waals surface area contributed by atoms with Gasteiger partial charge in [-0.3, -0.25) is 0 Å². The highest BCUT2D eigenvalue weighted by atomic mass is 16.6. The zero-order chi connectivity index (χ0) is 14.6. The van der Waals surface area contributed by atoms with E-state index in [-0.39, 0.29) is 6.09 Å². The zero-order valence-corrected chi connectivity index (χ0v) is 13.5. The average molecular weight is 259 g/mol. The molecule has 3 nitrogen and oxygen atoms in total. The number of ether oxygens (including phenoxy) is 1. The summed E-state index contributed by atoms with van der Waals surface area (Å²) >= 11 is 0. The van der Waals surface area contributed by atoms with E-state index >= 15 is 0 Å². The van der Waals surface area contributed by atoms with Crippen LogP contribution in [0.25, 0.3) is 0 Å². The topological polar surface area (TPSA) is 29.5 Å². The quantitative estimate of drug-likeness (QED) is 0.502. The molecule has 2 atom stereocenters. The fraction of sp³-hybridized carbons (Fsp3) is 0.917. The van der Waals surface area contributed by atoms with Gasteiger partial charge in [-0.2, -0.15) is 0 Å². The van der Waals surface area contributed by atoms with Gasteiger partial charge < -0.3 is 9.64 Å². The van der Waals surface area contributed by atoms with Crippen molar-refractivity contribution in [3.8, 4) is 0 Å². The van der Waals surface area contributed by atoms with Gasteiger partial charge >= 0.3 is 6.09 Å². The largest absolute Gasteiger partial charge is 0.444 e. The molecule has 0 bridgehead atoms. The number of hydrogen-bond donors (Lipinski definition) is 0. The summed E-state index contributed by atoms with van der Waals surface area (Å²) in [7, 11) is 9.38. The second-order valence-electron chi connectivity index (χ2n) is 8.75. The van der Waals surface area contributed by atoms with Crippen LogP contribution in [-0.4, -0.2) is 61.1 Å². The molecule has 1 aliphatic heterocycles. The lowest BCUT2D eigenvalue weighted by molar-refractivity contribution is 0.0279. The van der Waals surface area contributed by atoms with Gasteiger partial charge in [-0.1, -0.05) is 16.8 Å². The lowest BCUT2D eigenvalue weighted by Crippen LogP contribution is -2.37. The van der Waals surface area contributed by atoms with Crippen molar-refractivity contribution in [1.29, 1.82) is 0 Å². The summed E-state index contributed by atoms with van der Waals surface area (Å²) in [6.45, 7) is 7.49. The van der Waals surface area contributed by atoms with Crippen molar-refractivity contribution in [2.75, 3.05) is 13.1 Å². The van der Waals surface area contributed by atoms with Gasteiger partial charge in [0.15, 0.2) is 0 Å². The Balaban J connectivity index is 2.10. The summed E-state index contributed by atoms with van der Waals surface area (Å²) in [5.41, 5.74) is -0.403. The molecule has 2 fully saturated rings. The highest BCUT2D eigenvalue weighted by Crippen LogP contribution is 2.61. The molecule has 1 saturated heterocycles. The third-order valence-corrected chi connectivity index (χ3v) is 4.89. The molecule has 19 heavy (non-hydrogen) atoms. The predicted octanol–water partition coefficient (Wildman–Crippen LogP) is -1.36. The number of carbonyl (C=O) groups is 1. The Morgan fingerprint density at radius 1 is 1.11 bits per heavy atom. The van der Waals surface area contributed by atoms with E-state index in [9.17, 15) is 4.79 Å². The van der Waals surface area contributed by atoms with Gasteiger partial charge in [0.05, 0.1) is 31.4 Å². The van der Waals surface area contributed by atoms with Crippen molar-refractivity contribution in [3.05, 3.63) is 0 Å². The van der Waals surface area contributed by atoms with Crippen molar-refractivity contribution in [2.45, 2.75) is 43.2 Å². The molecule has 1 aliphatic carbocycles. The normalized spacial score (nSPS) is 32.1. The summed E-state index contributed by atoms with van der Waals surface area (Å²) < 4.78 is 5.51. The smallest absolute Gasteiger partial charge is 0.410 e. The number of hydrogen-bond acceptors (Lipinski definition) is 2. The van der Waals surface area contributed by atoms with Gasteiger partial charge in [0, 0.05) is 13.1 Å². The molecule has 0 radical (unpaired) electrons. The van der Waals surface area contributed by atoms with Crippen LogP contribution >= 0.6 is 0 Å². The van der Waals surface area contributed by atoms with Gasteiger partial charge in [-0.25, -0.2) is 4.79 Å². The van der Waals surface area contributed by atoms with Crippen LogP contribution in [0.15, 0.2) is 0 Å². The summed E-state index contributed by atoms with van der Waals surface area (Å²) in [5, 5.41) is 0.649. The molecule has 0 aromatic carbocycles. The Morgan fingerprint density at radius 3 is 1.89 bits per heavy atom. The lowest BCUT2D eigenvalue weighted by Gasteiger charge is -2.30. The monoisotopic (exact) mass is 259 g/mol. The van der Waals surface area contributed by atoms with E-state index in [0.717, 1.165) is 13.1 Å². The van der Waals surface area contributed by atoms with E-state index in [2.05, 4.69) is 31.4 Å². The van der Waals surface area contributed by atoms with Crippen molar-refractivity contribution in [2.24, 2.45) is 11.8 Å². The summed E-state index contributed by atoms with van der Waals surface area (Å²) in [6.07, 6.45) is 1.10. The van der Waals surface area contributed by atoms with Gasteiger partial charge in [0.2, 0.25) is 0 Å². The second kappa shape index (κ2) is 4.26. The first kappa shape index (κ1) is 14.9. The number of amides is 1. The Morgan fingerprint density at radius 2 is 1.53 bits per heavy atom. The fourth-order valence-electron chi connectivity index (χ4n) is 4.30. The highest BCUT2D eigenvalue weighted by molar-refractivity contribution is 6.45. The maximum atomic E-state index is 12.2. The summed E-state index contributed by atoms with van der Waals surface area (Å²) in [4.78, 5) is 14.1. The Labute approximate surface area is 120 Å². The molecule has 2 aliphatic rings. The van der Waals surface area contributed by atoms with Crippen molar-refractivity contribution < 1.29 is 9.53 Å². The van der Waals surface area contributed by atoms with E-state index in [1.165, 1.54) is 6.42 Å². The van der Waals surface area contributed by atoms with E-state index < -0.39 is 5.60 Å². The maximum absolute atomic E-state index is 12.2. The first-order chi connectivity index (χ1) is 8.42. The minimum Gasteiger partial charge on any atom is -0.444 e. The van der Waals surface area contributed by atoms with Gasteiger partial charge in [0.25, 0.3) is 0 Å². The molecule has 0 aromatic rings. The molecule has 1 heterocycles. The summed E-state index contributed by atoms with van der Waals surface area (Å²) in [5.74, 6) is 1.21. The molecule has 1 amide bonds. The standard InChI is InChI=1S/C12H25B4NO2/c1-10(2,3)19-9(18)17-4-7-8(5-17)12(15,16)6-11(7,13)14/h7-8H,4-6,13-16H2,1-3H3. The summed E-state index contributed by atoms with van der Waals surface area (Å²) in [6, 6.07) is 0. The third kappa shape index (κ3) is 2.85. The fourth-order valence-corrected chi connectivity index (χ4v) is 4.30. The van der Waals surface area contributed by atoms with Crippen LogP contribution < -0.4 is 0 Å². The number of carbonyl (C=O) groups excluding carboxylic acids is 1. The van der Waals surface area contributed by atoms with Crippen LogP contribution in [0, 0.1) is 11.8 Å². The van der Waals surface area contributed by atoms with E-state index in [0.29, 0.717) is 22.3 Å². The SMILES string of the molecule is BC1(B)CC(B)(B)C2CN(C(=O)OC(C)(C)C)CC21.